The number of hydrogen-bond donors (Lipinski definition) is 1. The van der Waals surface area contributed by atoms with Crippen molar-refractivity contribution in [1.29, 1.82) is 0 Å². The zero-order valence-corrected chi connectivity index (χ0v) is 21.0. The Hall–Kier alpha value is -4.00. The molecule has 1 unspecified atom stereocenters. The van der Waals surface area contributed by atoms with E-state index < -0.39 is 17.7 Å². The van der Waals surface area contributed by atoms with E-state index in [1.54, 1.807) is 36.4 Å². The van der Waals surface area contributed by atoms with Gasteiger partial charge in [-0.3, -0.25) is 9.59 Å². The molecule has 2 heterocycles. The number of aliphatic hydroxyl groups is 1. The highest BCUT2D eigenvalue weighted by Gasteiger charge is 2.46. The van der Waals surface area contributed by atoms with Crippen LogP contribution in [-0.2, 0) is 16.1 Å². The largest absolute Gasteiger partial charge is 0.507 e. The summed E-state index contributed by atoms with van der Waals surface area (Å²) in [5.74, 6) is 0.417. The van der Waals surface area contributed by atoms with Gasteiger partial charge in [0.25, 0.3) is 11.7 Å². The quantitative estimate of drug-likeness (QED) is 0.231. The van der Waals surface area contributed by atoms with Crippen molar-refractivity contribution >= 4 is 17.4 Å². The van der Waals surface area contributed by atoms with E-state index in [4.69, 9.17) is 13.9 Å². The summed E-state index contributed by atoms with van der Waals surface area (Å²) in [5, 5.41) is 11.4. The summed E-state index contributed by atoms with van der Waals surface area (Å²) in [7, 11) is 0. The molecule has 0 radical (unpaired) electrons. The van der Waals surface area contributed by atoms with Gasteiger partial charge >= 0.3 is 0 Å². The average Bonchev–Trinajstić information content (AvgIpc) is 3.47. The molecule has 1 N–H and O–H groups in total. The number of carbonyl (C=O) groups excluding carboxylic acids is 2. The third-order valence-electron chi connectivity index (χ3n) is 6.16. The third-order valence-corrected chi connectivity index (χ3v) is 6.16. The van der Waals surface area contributed by atoms with Crippen LogP contribution < -0.4 is 9.47 Å². The molecular weight excluding hydrogens is 458 g/mol. The number of ketones is 1. The van der Waals surface area contributed by atoms with Gasteiger partial charge in [-0.2, -0.15) is 0 Å². The molecule has 0 aliphatic carbocycles. The van der Waals surface area contributed by atoms with Crippen molar-refractivity contribution in [1.82, 2.24) is 4.90 Å². The Labute approximate surface area is 210 Å². The second-order valence-corrected chi connectivity index (χ2v) is 8.85. The molecule has 1 atom stereocenters. The summed E-state index contributed by atoms with van der Waals surface area (Å²) in [6, 6.07) is 15.2. The van der Waals surface area contributed by atoms with E-state index in [2.05, 4.69) is 0 Å². The van der Waals surface area contributed by atoms with Crippen LogP contribution in [0.2, 0.25) is 0 Å². The molecule has 4 rings (SSSR count). The molecule has 1 saturated heterocycles. The summed E-state index contributed by atoms with van der Waals surface area (Å²) < 4.78 is 16.8. The van der Waals surface area contributed by atoms with Gasteiger partial charge in [-0.15, -0.1) is 0 Å². The minimum Gasteiger partial charge on any atom is -0.507 e. The van der Waals surface area contributed by atoms with E-state index >= 15 is 0 Å². The van der Waals surface area contributed by atoms with Gasteiger partial charge in [0, 0.05) is 5.56 Å². The van der Waals surface area contributed by atoms with Crippen molar-refractivity contribution in [2.75, 3.05) is 13.2 Å². The molecule has 1 aliphatic heterocycles. The second-order valence-electron chi connectivity index (χ2n) is 8.85. The maximum absolute atomic E-state index is 13.3. The summed E-state index contributed by atoms with van der Waals surface area (Å²) in [4.78, 5) is 27.9. The van der Waals surface area contributed by atoms with Crippen LogP contribution in [0.3, 0.4) is 0 Å². The van der Waals surface area contributed by atoms with Crippen molar-refractivity contribution in [3.8, 4) is 11.5 Å². The third kappa shape index (κ3) is 4.87. The minimum atomic E-state index is -0.792. The Morgan fingerprint density at radius 3 is 2.36 bits per heavy atom. The summed E-state index contributed by atoms with van der Waals surface area (Å²) in [6.07, 6.45) is 1.52. The number of carbonyl (C=O) groups is 2. The molecule has 1 fully saturated rings. The number of Topliss-reactive ketones (excluding diaryl/α,β-unsaturated/α-hetero) is 1. The van der Waals surface area contributed by atoms with Crippen LogP contribution in [0.25, 0.3) is 5.76 Å². The fourth-order valence-electron chi connectivity index (χ4n) is 4.46. The van der Waals surface area contributed by atoms with E-state index in [1.807, 2.05) is 45.9 Å². The van der Waals surface area contributed by atoms with Crippen LogP contribution in [0.5, 0.6) is 11.5 Å². The van der Waals surface area contributed by atoms with E-state index in [-0.39, 0.29) is 23.8 Å². The SMILES string of the molecule is CCOc1ccc(C2/C(=C(/O)c3ccc(OCC)c(C(C)C)c3)C(=O)C(=O)N2Cc2ccco2)cc1. The summed E-state index contributed by atoms with van der Waals surface area (Å²) in [5.41, 5.74) is 2.08. The fraction of sp³-hybridized carbons (Fsp3) is 0.310. The molecule has 7 heteroatoms. The number of furan rings is 1. The van der Waals surface area contributed by atoms with E-state index in [1.165, 1.54) is 11.2 Å². The predicted octanol–water partition coefficient (Wildman–Crippen LogP) is 5.82. The molecule has 36 heavy (non-hydrogen) atoms. The first kappa shape index (κ1) is 25.1. The van der Waals surface area contributed by atoms with E-state index in [0.29, 0.717) is 35.9 Å². The monoisotopic (exact) mass is 489 g/mol. The maximum Gasteiger partial charge on any atom is 0.296 e. The van der Waals surface area contributed by atoms with Crippen LogP contribution >= 0.6 is 0 Å². The normalized spacial score (nSPS) is 17.1. The minimum absolute atomic E-state index is 0.0367. The molecule has 7 nitrogen and oxygen atoms in total. The number of likely N-dealkylation sites (tertiary alicyclic amines) is 1. The van der Waals surface area contributed by atoms with Gasteiger partial charge < -0.3 is 23.9 Å². The van der Waals surface area contributed by atoms with Crippen molar-refractivity contribution in [3.63, 3.8) is 0 Å². The van der Waals surface area contributed by atoms with Crippen molar-refractivity contribution in [2.24, 2.45) is 0 Å². The molecule has 2 aromatic carbocycles. The Bertz CT molecular complexity index is 1260. The first-order valence-electron chi connectivity index (χ1n) is 12.2. The number of benzene rings is 2. The zero-order valence-electron chi connectivity index (χ0n) is 21.0. The zero-order chi connectivity index (χ0) is 25.8. The van der Waals surface area contributed by atoms with Gasteiger partial charge in [0.1, 0.15) is 23.0 Å². The van der Waals surface area contributed by atoms with Gasteiger partial charge in [0.05, 0.1) is 37.6 Å². The van der Waals surface area contributed by atoms with Crippen LogP contribution in [0, 0.1) is 0 Å². The first-order chi connectivity index (χ1) is 17.3. The molecule has 0 saturated carbocycles. The summed E-state index contributed by atoms with van der Waals surface area (Å²) >= 11 is 0. The molecule has 0 spiro atoms. The lowest BCUT2D eigenvalue weighted by atomic mass is 9.93. The molecule has 0 bridgehead atoms. The molecule has 1 aromatic heterocycles. The number of aliphatic hydroxyl groups excluding tert-OH is 1. The fourth-order valence-corrected chi connectivity index (χ4v) is 4.46. The summed E-state index contributed by atoms with van der Waals surface area (Å²) in [6.45, 7) is 9.00. The highest BCUT2D eigenvalue weighted by atomic mass is 16.5. The molecule has 1 aliphatic rings. The van der Waals surface area contributed by atoms with Crippen LogP contribution in [-0.4, -0.2) is 34.9 Å². The molecule has 1 amide bonds. The maximum atomic E-state index is 13.3. The number of ether oxygens (including phenoxy) is 2. The Balaban J connectivity index is 1.84. The Morgan fingerprint density at radius 2 is 1.75 bits per heavy atom. The molecule has 188 valence electrons. The average molecular weight is 490 g/mol. The van der Waals surface area contributed by atoms with Crippen LogP contribution in [0.1, 0.15) is 62.1 Å². The van der Waals surface area contributed by atoms with Crippen molar-refractivity contribution < 1.29 is 28.6 Å². The lowest BCUT2D eigenvalue weighted by Gasteiger charge is -2.25. The van der Waals surface area contributed by atoms with E-state index in [9.17, 15) is 14.7 Å². The topological polar surface area (TPSA) is 89.2 Å². The second kappa shape index (κ2) is 10.7. The van der Waals surface area contributed by atoms with Gasteiger partial charge in [-0.1, -0.05) is 26.0 Å². The van der Waals surface area contributed by atoms with Crippen LogP contribution in [0.15, 0.2) is 70.9 Å². The lowest BCUT2D eigenvalue weighted by molar-refractivity contribution is -0.140. The number of rotatable bonds is 9. The highest BCUT2D eigenvalue weighted by Crippen LogP contribution is 2.41. The van der Waals surface area contributed by atoms with Gasteiger partial charge in [0.15, 0.2) is 0 Å². The number of hydrogen-bond acceptors (Lipinski definition) is 6. The Morgan fingerprint density at radius 1 is 1.03 bits per heavy atom. The van der Waals surface area contributed by atoms with Crippen LogP contribution in [0.4, 0.5) is 0 Å². The number of nitrogens with zero attached hydrogens (tertiary/aromatic N) is 1. The predicted molar refractivity (Wildman–Crippen MR) is 136 cm³/mol. The first-order valence-corrected chi connectivity index (χ1v) is 12.2. The highest BCUT2D eigenvalue weighted by molar-refractivity contribution is 6.46. The standard InChI is InChI=1S/C29H31NO6/c1-5-34-21-12-9-19(10-13-21)26-25(28(32)29(33)30(26)17-22-8-7-15-36-22)27(31)20-11-14-24(35-6-2)23(16-20)18(3)4/h7-16,18,26,31H,5-6,17H2,1-4H3/b27-25-. The van der Waals surface area contributed by atoms with Gasteiger partial charge in [-0.05, 0) is 73.4 Å². The van der Waals surface area contributed by atoms with Gasteiger partial charge in [-0.25, -0.2) is 0 Å². The van der Waals surface area contributed by atoms with Gasteiger partial charge in [0.2, 0.25) is 0 Å². The number of amides is 1. The smallest absolute Gasteiger partial charge is 0.296 e. The van der Waals surface area contributed by atoms with Crippen molar-refractivity contribution in [3.05, 3.63) is 88.9 Å². The molecule has 3 aromatic rings. The lowest BCUT2D eigenvalue weighted by Crippen LogP contribution is -2.29. The Kier molecular flexibility index (Phi) is 7.48. The van der Waals surface area contributed by atoms with E-state index in [0.717, 1.165) is 11.3 Å². The molecular formula is C29H31NO6. The van der Waals surface area contributed by atoms with Crippen molar-refractivity contribution in [2.45, 2.75) is 46.2 Å².